The van der Waals surface area contributed by atoms with Gasteiger partial charge in [-0.25, -0.2) is 12.8 Å². The van der Waals surface area contributed by atoms with Crippen molar-refractivity contribution in [3.8, 4) is 5.75 Å². The van der Waals surface area contributed by atoms with Gasteiger partial charge in [0.1, 0.15) is 0 Å². The molecule has 0 aliphatic carbocycles. The van der Waals surface area contributed by atoms with Gasteiger partial charge in [-0.2, -0.15) is 0 Å². The van der Waals surface area contributed by atoms with Gasteiger partial charge in [0.2, 0.25) is 0 Å². The van der Waals surface area contributed by atoms with E-state index >= 15 is 0 Å². The summed E-state index contributed by atoms with van der Waals surface area (Å²) in [6.07, 6.45) is 0. The van der Waals surface area contributed by atoms with Crippen LogP contribution in [0.5, 0.6) is 5.75 Å². The molecule has 2 aromatic carbocycles. The van der Waals surface area contributed by atoms with E-state index in [2.05, 4.69) is 10.0 Å². The molecule has 0 radical (unpaired) electrons. The van der Waals surface area contributed by atoms with Crippen LogP contribution in [0.2, 0.25) is 0 Å². The Hall–Kier alpha value is -2.61. The summed E-state index contributed by atoms with van der Waals surface area (Å²) < 4.78 is 45.9. The van der Waals surface area contributed by atoms with Crippen LogP contribution in [0.1, 0.15) is 24.2 Å². The van der Waals surface area contributed by atoms with Crippen molar-refractivity contribution in [1.82, 2.24) is 5.32 Å². The second-order valence-corrected chi connectivity index (χ2v) is 7.73. The number of sulfonamides is 1. The molecule has 2 aromatic rings. The second kappa shape index (κ2) is 8.18. The Labute approximate surface area is 152 Å². The van der Waals surface area contributed by atoms with Crippen LogP contribution in [-0.2, 0) is 10.0 Å². The van der Waals surface area contributed by atoms with Crippen molar-refractivity contribution < 1.29 is 22.3 Å². The number of hydrogen-bond donors (Lipinski definition) is 2. The quantitative estimate of drug-likeness (QED) is 0.773. The third-order valence-corrected chi connectivity index (χ3v) is 4.88. The molecule has 2 rings (SSSR count). The van der Waals surface area contributed by atoms with E-state index in [-0.39, 0.29) is 33.7 Å². The van der Waals surface area contributed by atoms with Crippen molar-refractivity contribution in [3.63, 3.8) is 0 Å². The molecule has 0 bridgehead atoms. The molecule has 0 aliphatic rings. The molecular weight excluding hydrogens is 359 g/mol. The van der Waals surface area contributed by atoms with Crippen LogP contribution in [0.15, 0.2) is 47.4 Å². The van der Waals surface area contributed by atoms with Crippen LogP contribution in [-0.4, -0.2) is 28.0 Å². The van der Waals surface area contributed by atoms with Crippen molar-refractivity contribution in [2.75, 3.05) is 18.4 Å². The lowest BCUT2D eigenvalue weighted by Crippen LogP contribution is -2.28. The van der Waals surface area contributed by atoms with E-state index in [1.54, 1.807) is 12.1 Å². The number of benzene rings is 2. The van der Waals surface area contributed by atoms with Gasteiger partial charge in [-0.1, -0.05) is 26.0 Å². The van der Waals surface area contributed by atoms with Crippen LogP contribution in [0.25, 0.3) is 0 Å². The van der Waals surface area contributed by atoms with Crippen molar-refractivity contribution in [3.05, 3.63) is 53.8 Å². The Kier molecular flexibility index (Phi) is 6.20. The summed E-state index contributed by atoms with van der Waals surface area (Å²) in [6, 6.07) is 9.49. The SMILES string of the molecule is COc1cc(S(=O)(=O)Nc2ccccc2C(=O)NCC(C)C)ccc1F. The number of carbonyl (C=O) groups excluding carboxylic acids is 1. The highest BCUT2D eigenvalue weighted by Gasteiger charge is 2.20. The standard InChI is InChI=1S/C18H21FN2O4S/c1-12(2)11-20-18(22)14-6-4-5-7-16(14)21-26(23,24)13-8-9-15(19)17(10-13)25-3/h4-10,12,21H,11H2,1-3H3,(H,20,22). The van der Waals surface area contributed by atoms with Gasteiger partial charge >= 0.3 is 0 Å². The summed E-state index contributed by atoms with van der Waals surface area (Å²) in [4.78, 5) is 12.1. The zero-order valence-electron chi connectivity index (χ0n) is 14.7. The maximum Gasteiger partial charge on any atom is 0.262 e. The van der Waals surface area contributed by atoms with Crippen molar-refractivity contribution in [1.29, 1.82) is 0 Å². The van der Waals surface area contributed by atoms with Gasteiger partial charge in [0.05, 0.1) is 23.3 Å². The third kappa shape index (κ3) is 4.72. The van der Waals surface area contributed by atoms with E-state index in [4.69, 9.17) is 4.74 Å². The van der Waals surface area contributed by atoms with Gasteiger partial charge in [-0.15, -0.1) is 0 Å². The summed E-state index contributed by atoms with van der Waals surface area (Å²) in [5.41, 5.74) is 0.336. The molecule has 0 saturated carbocycles. The Morgan fingerprint density at radius 3 is 2.54 bits per heavy atom. The molecule has 0 heterocycles. The van der Waals surface area contributed by atoms with Gasteiger partial charge in [0.15, 0.2) is 11.6 Å². The summed E-state index contributed by atoms with van der Waals surface area (Å²) in [7, 11) is -2.78. The lowest BCUT2D eigenvalue weighted by Gasteiger charge is -2.14. The number of rotatable bonds is 7. The first-order chi connectivity index (χ1) is 12.2. The van der Waals surface area contributed by atoms with Gasteiger partial charge in [-0.05, 0) is 30.2 Å². The average molecular weight is 380 g/mol. The molecule has 2 N–H and O–H groups in total. The van der Waals surface area contributed by atoms with Gasteiger partial charge in [0.25, 0.3) is 15.9 Å². The first kappa shape index (κ1) is 19.7. The van der Waals surface area contributed by atoms with Crippen LogP contribution in [0, 0.1) is 11.7 Å². The molecule has 6 nitrogen and oxygen atoms in total. The summed E-state index contributed by atoms with van der Waals surface area (Å²) >= 11 is 0. The van der Waals surface area contributed by atoms with Crippen molar-refractivity contribution >= 4 is 21.6 Å². The highest BCUT2D eigenvalue weighted by atomic mass is 32.2. The van der Waals surface area contributed by atoms with Crippen LogP contribution in [0.3, 0.4) is 0 Å². The molecule has 0 aromatic heterocycles. The molecule has 8 heteroatoms. The lowest BCUT2D eigenvalue weighted by atomic mass is 10.1. The number of nitrogens with one attached hydrogen (secondary N) is 2. The maximum absolute atomic E-state index is 13.5. The summed E-state index contributed by atoms with van der Waals surface area (Å²) in [5.74, 6) is -0.973. The van der Waals surface area contributed by atoms with E-state index in [1.807, 2.05) is 13.8 Å². The molecule has 1 amide bonds. The number of anilines is 1. The fraction of sp³-hybridized carbons (Fsp3) is 0.278. The third-order valence-electron chi connectivity index (χ3n) is 3.52. The first-order valence-corrected chi connectivity index (χ1v) is 9.46. The molecule has 0 atom stereocenters. The predicted molar refractivity (Wildman–Crippen MR) is 97.4 cm³/mol. The smallest absolute Gasteiger partial charge is 0.262 e. The fourth-order valence-corrected chi connectivity index (χ4v) is 3.27. The van der Waals surface area contributed by atoms with Crippen LogP contribution >= 0.6 is 0 Å². The molecule has 0 spiro atoms. The number of carbonyl (C=O) groups is 1. The number of para-hydroxylation sites is 1. The number of ether oxygens (including phenoxy) is 1. The number of methoxy groups -OCH3 is 1. The molecule has 0 fully saturated rings. The second-order valence-electron chi connectivity index (χ2n) is 6.05. The van der Waals surface area contributed by atoms with Gasteiger partial charge in [0, 0.05) is 12.6 Å². The molecular formula is C18H21FN2O4S. The maximum atomic E-state index is 13.5. The van der Waals surface area contributed by atoms with Gasteiger partial charge < -0.3 is 10.1 Å². The summed E-state index contributed by atoms with van der Waals surface area (Å²) in [5, 5.41) is 2.75. The first-order valence-electron chi connectivity index (χ1n) is 7.98. The highest BCUT2D eigenvalue weighted by Crippen LogP contribution is 2.24. The average Bonchev–Trinajstić information content (AvgIpc) is 2.60. The number of amides is 1. The fourth-order valence-electron chi connectivity index (χ4n) is 2.17. The van der Waals surface area contributed by atoms with E-state index < -0.39 is 15.8 Å². The molecule has 26 heavy (non-hydrogen) atoms. The normalized spacial score (nSPS) is 11.3. The van der Waals surface area contributed by atoms with E-state index in [1.165, 1.54) is 19.2 Å². The number of halogens is 1. The van der Waals surface area contributed by atoms with E-state index in [0.29, 0.717) is 6.54 Å². The Balaban J connectivity index is 2.31. The lowest BCUT2D eigenvalue weighted by molar-refractivity contribution is 0.0950. The summed E-state index contributed by atoms with van der Waals surface area (Å²) in [6.45, 7) is 4.38. The minimum atomic E-state index is -4.03. The minimum absolute atomic E-state index is 0.136. The van der Waals surface area contributed by atoms with E-state index in [9.17, 15) is 17.6 Å². The molecule has 0 unspecified atom stereocenters. The van der Waals surface area contributed by atoms with Gasteiger partial charge in [-0.3, -0.25) is 9.52 Å². The minimum Gasteiger partial charge on any atom is -0.494 e. The highest BCUT2D eigenvalue weighted by molar-refractivity contribution is 7.92. The number of hydrogen-bond acceptors (Lipinski definition) is 4. The predicted octanol–water partition coefficient (Wildman–Crippen LogP) is 3.02. The molecule has 140 valence electrons. The van der Waals surface area contributed by atoms with E-state index in [0.717, 1.165) is 18.2 Å². The molecule has 0 aliphatic heterocycles. The monoisotopic (exact) mass is 380 g/mol. The largest absolute Gasteiger partial charge is 0.494 e. The Morgan fingerprint density at radius 2 is 1.88 bits per heavy atom. The topological polar surface area (TPSA) is 84.5 Å². The van der Waals surface area contributed by atoms with Crippen LogP contribution in [0.4, 0.5) is 10.1 Å². The Morgan fingerprint density at radius 1 is 1.19 bits per heavy atom. The van der Waals surface area contributed by atoms with Crippen molar-refractivity contribution in [2.24, 2.45) is 5.92 Å². The Bertz CT molecular complexity index is 898. The zero-order chi connectivity index (χ0) is 19.3. The van der Waals surface area contributed by atoms with Crippen LogP contribution < -0.4 is 14.8 Å². The zero-order valence-corrected chi connectivity index (χ0v) is 15.6. The van der Waals surface area contributed by atoms with Crippen molar-refractivity contribution in [2.45, 2.75) is 18.7 Å². The molecule has 0 saturated heterocycles.